The van der Waals surface area contributed by atoms with Crippen LogP contribution < -0.4 is 10.6 Å². The van der Waals surface area contributed by atoms with Gasteiger partial charge < -0.3 is 15.4 Å². The summed E-state index contributed by atoms with van der Waals surface area (Å²) in [5.41, 5.74) is 1.07. The Morgan fingerprint density at radius 1 is 1.56 bits per heavy atom. The van der Waals surface area contributed by atoms with Gasteiger partial charge in [0.2, 0.25) is 5.91 Å². The highest BCUT2D eigenvalue weighted by Gasteiger charge is 2.23. The van der Waals surface area contributed by atoms with Crippen molar-refractivity contribution >= 4 is 21.8 Å². The van der Waals surface area contributed by atoms with Crippen LogP contribution in [0.3, 0.4) is 0 Å². The Hall–Kier alpha value is -0.910. The van der Waals surface area contributed by atoms with E-state index in [2.05, 4.69) is 26.6 Å². The molecular weight excluding hydrogens is 296 g/mol. The maximum absolute atomic E-state index is 12.0. The molecule has 2 unspecified atom stereocenters. The molecule has 2 rings (SSSR count). The summed E-state index contributed by atoms with van der Waals surface area (Å²) in [7, 11) is 0. The monoisotopic (exact) mass is 312 g/mol. The Kier molecular flexibility index (Phi) is 4.74. The van der Waals surface area contributed by atoms with E-state index in [1.807, 2.05) is 31.2 Å². The van der Waals surface area contributed by atoms with E-state index in [4.69, 9.17) is 4.74 Å². The summed E-state index contributed by atoms with van der Waals surface area (Å²) in [5.74, 6) is -0.0158. The van der Waals surface area contributed by atoms with Crippen molar-refractivity contribution in [3.63, 3.8) is 0 Å². The second-order valence-electron chi connectivity index (χ2n) is 4.33. The van der Waals surface area contributed by atoms with Gasteiger partial charge in [-0.05, 0) is 18.6 Å². The number of hydrogen-bond donors (Lipinski definition) is 2. The first-order valence-corrected chi connectivity index (χ1v) is 6.83. The number of halogens is 1. The van der Waals surface area contributed by atoms with Crippen LogP contribution in [0.15, 0.2) is 28.7 Å². The van der Waals surface area contributed by atoms with E-state index in [9.17, 15) is 4.79 Å². The summed E-state index contributed by atoms with van der Waals surface area (Å²) in [4.78, 5) is 12.0. The molecule has 1 aromatic rings. The third kappa shape index (κ3) is 3.31. The van der Waals surface area contributed by atoms with Crippen molar-refractivity contribution in [2.45, 2.75) is 19.0 Å². The number of amides is 1. The number of ether oxygens (including phenoxy) is 1. The third-order valence-corrected chi connectivity index (χ3v) is 3.69. The largest absolute Gasteiger partial charge is 0.378 e. The molecule has 18 heavy (non-hydrogen) atoms. The minimum absolute atomic E-state index is 0.0158. The number of rotatable bonds is 3. The summed E-state index contributed by atoms with van der Waals surface area (Å²) >= 11 is 3.49. The van der Waals surface area contributed by atoms with Crippen molar-refractivity contribution in [3.8, 4) is 0 Å². The summed E-state index contributed by atoms with van der Waals surface area (Å²) in [6.07, 6.45) is 0. The highest BCUT2D eigenvalue weighted by molar-refractivity contribution is 9.10. The second kappa shape index (κ2) is 6.31. The quantitative estimate of drug-likeness (QED) is 0.891. The van der Waals surface area contributed by atoms with Gasteiger partial charge in [-0.3, -0.25) is 4.79 Å². The molecule has 1 fully saturated rings. The fourth-order valence-corrected chi connectivity index (χ4v) is 2.58. The summed E-state index contributed by atoms with van der Waals surface area (Å²) < 4.78 is 6.29. The van der Waals surface area contributed by atoms with E-state index < -0.39 is 0 Å². The minimum Gasteiger partial charge on any atom is -0.378 e. The number of nitrogens with one attached hydrogen (secondary N) is 2. The molecule has 1 heterocycles. The van der Waals surface area contributed by atoms with Crippen LogP contribution in [0.4, 0.5) is 0 Å². The first-order valence-electron chi connectivity index (χ1n) is 6.04. The van der Waals surface area contributed by atoms with Gasteiger partial charge in [0, 0.05) is 11.0 Å². The number of carbonyl (C=O) groups excluding carboxylic acids is 1. The van der Waals surface area contributed by atoms with Crippen LogP contribution in [0, 0.1) is 0 Å². The zero-order valence-electron chi connectivity index (χ0n) is 10.3. The van der Waals surface area contributed by atoms with Crippen molar-refractivity contribution in [3.05, 3.63) is 34.3 Å². The van der Waals surface area contributed by atoms with Crippen LogP contribution >= 0.6 is 15.9 Å². The number of morpholine rings is 1. The number of hydrogen-bond acceptors (Lipinski definition) is 3. The standard InChI is InChI=1S/C13H17BrN2O2/c1-9(10-4-2-3-5-11(10)14)16-13(17)12-8-18-7-6-15-12/h2-5,9,12,15H,6-8H2,1H3,(H,16,17). The van der Waals surface area contributed by atoms with E-state index in [0.29, 0.717) is 13.2 Å². The van der Waals surface area contributed by atoms with Crippen LogP contribution in [0.1, 0.15) is 18.5 Å². The number of carbonyl (C=O) groups is 1. The highest BCUT2D eigenvalue weighted by Crippen LogP contribution is 2.22. The lowest BCUT2D eigenvalue weighted by Crippen LogP contribution is -2.51. The van der Waals surface area contributed by atoms with Crippen LogP contribution in [0.5, 0.6) is 0 Å². The van der Waals surface area contributed by atoms with Crippen LogP contribution in [-0.2, 0) is 9.53 Å². The van der Waals surface area contributed by atoms with Gasteiger partial charge in [-0.25, -0.2) is 0 Å². The minimum atomic E-state index is -0.247. The second-order valence-corrected chi connectivity index (χ2v) is 5.19. The third-order valence-electron chi connectivity index (χ3n) is 2.97. The summed E-state index contributed by atoms with van der Waals surface area (Å²) in [5, 5.41) is 6.14. The molecule has 0 saturated carbocycles. The molecule has 1 aromatic carbocycles. The average Bonchev–Trinajstić information content (AvgIpc) is 2.40. The average molecular weight is 313 g/mol. The molecule has 5 heteroatoms. The van der Waals surface area contributed by atoms with E-state index in [0.717, 1.165) is 16.6 Å². The van der Waals surface area contributed by atoms with Gasteiger partial charge >= 0.3 is 0 Å². The molecule has 0 bridgehead atoms. The van der Waals surface area contributed by atoms with Crippen molar-refractivity contribution in [2.24, 2.45) is 0 Å². The molecule has 2 atom stereocenters. The molecule has 1 amide bonds. The maximum Gasteiger partial charge on any atom is 0.240 e. The summed E-state index contributed by atoms with van der Waals surface area (Å²) in [6, 6.07) is 7.61. The van der Waals surface area contributed by atoms with Gasteiger partial charge in [0.25, 0.3) is 0 Å². The predicted octanol–water partition coefficient (Wildman–Crippen LogP) is 1.61. The van der Waals surface area contributed by atoms with E-state index in [-0.39, 0.29) is 18.0 Å². The van der Waals surface area contributed by atoms with E-state index in [1.54, 1.807) is 0 Å². The molecule has 98 valence electrons. The van der Waals surface area contributed by atoms with Crippen LogP contribution in [-0.4, -0.2) is 31.7 Å². The van der Waals surface area contributed by atoms with Gasteiger partial charge in [0.05, 0.1) is 19.3 Å². The Morgan fingerprint density at radius 3 is 3.00 bits per heavy atom. The molecule has 1 aliphatic heterocycles. The fraction of sp³-hybridized carbons (Fsp3) is 0.462. The molecule has 0 aliphatic carbocycles. The fourth-order valence-electron chi connectivity index (χ4n) is 1.95. The van der Waals surface area contributed by atoms with Gasteiger partial charge in [-0.1, -0.05) is 34.1 Å². The van der Waals surface area contributed by atoms with Crippen LogP contribution in [0.25, 0.3) is 0 Å². The lowest BCUT2D eigenvalue weighted by molar-refractivity contribution is -0.126. The number of benzene rings is 1. The molecule has 2 N–H and O–H groups in total. The zero-order valence-corrected chi connectivity index (χ0v) is 11.9. The Labute approximate surface area is 115 Å². The molecule has 0 spiro atoms. The molecule has 0 radical (unpaired) electrons. The Balaban J connectivity index is 1.96. The maximum atomic E-state index is 12.0. The van der Waals surface area contributed by atoms with Crippen molar-refractivity contribution < 1.29 is 9.53 Å². The van der Waals surface area contributed by atoms with E-state index in [1.165, 1.54) is 0 Å². The van der Waals surface area contributed by atoms with Crippen LogP contribution in [0.2, 0.25) is 0 Å². The highest BCUT2D eigenvalue weighted by atomic mass is 79.9. The predicted molar refractivity (Wildman–Crippen MR) is 73.3 cm³/mol. The first-order chi connectivity index (χ1) is 8.68. The van der Waals surface area contributed by atoms with Gasteiger partial charge in [-0.15, -0.1) is 0 Å². The van der Waals surface area contributed by atoms with Crippen molar-refractivity contribution in [1.29, 1.82) is 0 Å². The van der Waals surface area contributed by atoms with Crippen molar-refractivity contribution in [2.75, 3.05) is 19.8 Å². The molecule has 1 aliphatic rings. The topological polar surface area (TPSA) is 50.4 Å². The lowest BCUT2D eigenvalue weighted by atomic mass is 10.1. The zero-order chi connectivity index (χ0) is 13.0. The molecular formula is C13H17BrN2O2. The van der Waals surface area contributed by atoms with Gasteiger partial charge in [-0.2, -0.15) is 0 Å². The summed E-state index contributed by atoms with van der Waals surface area (Å²) in [6.45, 7) is 3.81. The molecule has 4 nitrogen and oxygen atoms in total. The molecule has 1 saturated heterocycles. The lowest BCUT2D eigenvalue weighted by Gasteiger charge is -2.25. The smallest absolute Gasteiger partial charge is 0.240 e. The van der Waals surface area contributed by atoms with Gasteiger partial charge in [0.1, 0.15) is 6.04 Å². The van der Waals surface area contributed by atoms with Crippen molar-refractivity contribution in [1.82, 2.24) is 10.6 Å². The Bertz CT molecular complexity index is 419. The van der Waals surface area contributed by atoms with Gasteiger partial charge in [0.15, 0.2) is 0 Å². The SMILES string of the molecule is CC(NC(=O)C1COCCN1)c1ccccc1Br. The molecule has 0 aromatic heterocycles. The van der Waals surface area contributed by atoms with E-state index >= 15 is 0 Å². The normalized spacial score (nSPS) is 21.3. The Morgan fingerprint density at radius 2 is 2.33 bits per heavy atom. The first kappa shape index (κ1) is 13.5.